The summed E-state index contributed by atoms with van der Waals surface area (Å²) >= 11 is 0. The molecule has 4 atom stereocenters. The number of hydrogen-bond donors (Lipinski definition) is 1. The maximum Gasteiger partial charge on any atom is 0.000792 e. The third kappa shape index (κ3) is 4.71. The number of hydrogen-bond acceptors (Lipinski definition) is 1. The molecular weight excluding hydrogens is 254 g/mol. The van der Waals surface area contributed by atoms with E-state index in [1.807, 2.05) is 0 Å². The molecular formula is C20H39N. The van der Waals surface area contributed by atoms with Crippen molar-refractivity contribution >= 4 is 0 Å². The van der Waals surface area contributed by atoms with Crippen LogP contribution in [0.2, 0.25) is 0 Å². The van der Waals surface area contributed by atoms with Gasteiger partial charge < -0.3 is 5.32 Å². The molecule has 2 rings (SSSR count). The predicted octanol–water partition coefficient (Wildman–Crippen LogP) is 5.64. The third-order valence-electron chi connectivity index (χ3n) is 6.44. The second-order valence-corrected chi connectivity index (χ2v) is 8.62. The fourth-order valence-electron chi connectivity index (χ4n) is 5.07. The zero-order chi connectivity index (χ0) is 15.3. The number of unbranched alkanes of at least 4 members (excludes halogenated alkanes) is 1. The van der Waals surface area contributed by atoms with Crippen LogP contribution in [-0.4, -0.2) is 13.1 Å². The van der Waals surface area contributed by atoms with E-state index in [0.29, 0.717) is 5.41 Å². The van der Waals surface area contributed by atoms with Crippen molar-refractivity contribution in [1.82, 2.24) is 5.32 Å². The standard InChI is InChI=1S/C20H39N/c1-5-7-10-20(6-2,15-21-14-16(3)4)13-19-12-17-8-9-18(19)11-17/h16-19,21H,5-15H2,1-4H3. The van der Waals surface area contributed by atoms with Gasteiger partial charge in [0.15, 0.2) is 0 Å². The molecule has 4 unspecified atom stereocenters. The Labute approximate surface area is 133 Å². The first-order chi connectivity index (χ1) is 10.1. The molecule has 0 aromatic rings. The van der Waals surface area contributed by atoms with E-state index in [1.165, 1.54) is 45.2 Å². The lowest BCUT2D eigenvalue weighted by atomic mass is 9.70. The Bertz CT molecular complexity index is 298. The molecule has 2 aliphatic carbocycles. The van der Waals surface area contributed by atoms with E-state index in [1.54, 1.807) is 25.7 Å². The summed E-state index contributed by atoms with van der Waals surface area (Å²) in [7, 11) is 0. The molecule has 124 valence electrons. The molecule has 2 saturated carbocycles. The third-order valence-corrected chi connectivity index (χ3v) is 6.44. The van der Waals surface area contributed by atoms with Crippen molar-refractivity contribution in [2.24, 2.45) is 29.1 Å². The maximum atomic E-state index is 3.80. The SMILES string of the molecule is CCCCC(CC)(CNCC(C)C)CC1CC2CCC1C2. The van der Waals surface area contributed by atoms with Gasteiger partial charge in [-0.15, -0.1) is 0 Å². The summed E-state index contributed by atoms with van der Waals surface area (Å²) < 4.78 is 0. The van der Waals surface area contributed by atoms with Crippen LogP contribution < -0.4 is 5.32 Å². The minimum Gasteiger partial charge on any atom is -0.316 e. The topological polar surface area (TPSA) is 12.0 Å². The summed E-state index contributed by atoms with van der Waals surface area (Å²) in [4.78, 5) is 0. The first kappa shape index (κ1) is 17.3. The van der Waals surface area contributed by atoms with Crippen molar-refractivity contribution in [3.05, 3.63) is 0 Å². The molecule has 0 aliphatic heterocycles. The molecule has 0 aromatic carbocycles. The Kier molecular flexibility index (Phi) is 6.59. The molecule has 1 heteroatoms. The van der Waals surface area contributed by atoms with Crippen LogP contribution in [-0.2, 0) is 0 Å². The Morgan fingerprint density at radius 2 is 1.95 bits per heavy atom. The van der Waals surface area contributed by atoms with Crippen LogP contribution in [0.1, 0.15) is 85.5 Å². The van der Waals surface area contributed by atoms with E-state index >= 15 is 0 Å². The highest BCUT2D eigenvalue weighted by Gasteiger charge is 2.42. The summed E-state index contributed by atoms with van der Waals surface area (Å²) in [5.74, 6) is 4.02. The van der Waals surface area contributed by atoms with Gasteiger partial charge in [-0.3, -0.25) is 0 Å². The van der Waals surface area contributed by atoms with Crippen molar-refractivity contribution in [1.29, 1.82) is 0 Å². The highest BCUT2D eigenvalue weighted by atomic mass is 14.9. The number of nitrogens with one attached hydrogen (secondary N) is 1. The Morgan fingerprint density at radius 1 is 1.14 bits per heavy atom. The van der Waals surface area contributed by atoms with Crippen LogP contribution in [0, 0.1) is 29.1 Å². The molecule has 21 heavy (non-hydrogen) atoms. The molecule has 1 N–H and O–H groups in total. The van der Waals surface area contributed by atoms with E-state index in [0.717, 1.165) is 23.7 Å². The first-order valence-corrected chi connectivity index (χ1v) is 9.79. The highest BCUT2D eigenvalue weighted by Crippen LogP contribution is 2.53. The zero-order valence-corrected chi connectivity index (χ0v) is 15.1. The fourth-order valence-corrected chi connectivity index (χ4v) is 5.07. The molecule has 1 nitrogen and oxygen atoms in total. The molecule has 2 bridgehead atoms. The molecule has 0 heterocycles. The second-order valence-electron chi connectivity index (χ2n) is 8.62. The average molecular weight is 294 g/mol. The predicted molar refractivity (Wildman–Crippen MR) is 93.5 cm³/mol. The van der Waals surface area contributed by atoms with Gasteiger partial charge in [-0.1, -0.05) is 47.0 Å². The highest BCUT2D eigenvalue weighted by molar-refractivity contribution is 4.94. The van der Waals surface area contributed by atoms with Gasteiger partial charge in [-0.05, 0) is 74.2 Å². The molecule has 0 saturated heterocycles. The number of fused-ring (bicyclic) bond motifs is 2. The van der Waals surface area contributed by atoms with Gasteiger partial charge in [0.1, 0.15) is 0 Å². The van der Waals surface area contributed by atoms with Gasteiger partial charge in [0.05, 0.1) is 0 Å². The van der Waals surface area contributed by atoms with Crippen molar-refractivity contribution in [2.45, 2.75) is 85.5 Å². The second kappa shape index (κ2) is 7.99. The molecule has 0 amide bonds. The molecule has 2 aliphatic rings. The van der Waals surface area contributed by atoms with Crippen molar-refractivity contribution in [2.75, 3.05) is 13.1 Å². The van der Waals surface area contributed by atoms with Crippen LogP contribution in [0.15, 0.2) is 0 Å². The largest absolute Gasteiger partial charge is 0.316 e. The Hall–Kier alpha value is -0.0400. The Morgan fingerprint density at radius 3 is 2.48 bits per heavy atom. The molecule has 0 spiro atoms. The van der Waals surface area contributed by atoms with E-state index in [4.69, 9.17) is 0 Å². The maximum absolute atomic E-state index is 3.80. The molecule has 0 aromatic heterocycles. The van der Waals surface area contributed by atoms with E-state index in [-0.39, 0.29) is 0 Å². The Balaban J connectivity index is 1.92. The number of rotatable bonds is 10. The van der Waals surface area contributed by atoms with Crippen LogP contribution in [0.4, 0.5) is 0 Å². The average Bonchev–Trinajstić information content (AvgIpc) is 3.06. The van der Waals surface area contributed by atoms with Crippen LogP contribution in [0.25, 0.3) is 0 Å². The molecule has 0 radical (unpaired) electrons. The fraction of sp³-hybridized carbons (Fsp3) is 1.00. The molecule has 2 fully saturated rings. The van der Waals surface area contributed by atoms with E-state index < -0.39 is 0 Å². The van der Waals surface area contributed by atoms with Crippen molar-refractivity contribution in [3.8, 4) is 0 Å². The summed E-state index contributed by atoms with van der Waals surface area (Å²) in [6.07, 6.45) is 13.3. The minimum absolute atomic E-state index is 0.583. The lowest BCUT2D eigenvalue weighted by Crippen LogP contribution is -2.38. The van der Waals surface area contributed by atoms with Gasteiger partial charge in [0, 0.05) is 6.54 Å². The normalized spacial score (nSPS) is 31.0. The van der Waals surface area contributed by atoms with Gasteiger partial charge >= 0.3 is 0 Å². The van der Waals surface area contributed by atoms with E-state index in [9.17, 15) is 0 Å². The van der Waals surface area contributed by atoms with Gasteiger partial charge in [0.25, 0.3) is 0 Å². The summed E-state index contributed by atoms with van der Waals surface area (Å²) in [5, 5.41) is 3.80. The minimum atomic E-state index is 0.583. The van der Waals surface area contributed by atoms with Gasteiger partial charge in [0.2, 0.25) is 0 Å². The monoisotopic (exact) mass is 293 g/mol. The van der Waals surface area contributed by atoms with E-state index in [2.05, 4.69) is 33.0 Å². The summed E-state index contributed by atoms with van der Waals surface area (Å²) in [6.45, 7) is 11.9. The lowest BCUT2D eigenvalue weighted by Gasteiger charge is -2.38. The summed E-state index contributed by atoms with van der Waals surface area (Å²) in [5.41, 5.74) is 0.583. The lowest BCUT2D eigenvalue weighted by molar-refractivity contribution is 0.143. The van der Waals surface area contributed by atoms with Crippen LogP contribution in [0.5, 0.6) is 0 Å². The quantitative estimate of drug-likeness (QED) is 0.549. The van der Waals surface area contributed by atoms with Crippen molar-refractivity contribution < 1.29 is 0 Å². The smallest absolute Gasteiger partial charge is 0.000792 e. The first-order valence-electron chi connectivity index (χ1n) is 9.79. The zero-order valence-electron chi connectivity index (χ0n) is 15.1. The van der Waals surface area contributed by atoms with Gasteiger partial charge in [-0.25, -0.2) is 0 Å². The van der Waals surface area contributed by atoms with Gasteiger partial charge in [-0.2, -0.15) is 0 Å². The van der Waals surface area contributed by atoms with Crippen molar-refractivity contribution in [3.63, 3.8) is 0 Å². The summed E-state index contributed by atoms with van der Waals surface area (Å²) in [6, 6.07) is 0. The van der Waals surface area contributed by atoms with Crippen LogP contribution in [0.3, 0.4) is 0 Å². The van der Waals surface area contributed by atoms with Crippen LogP contribution >= 0.6 is 0 Å².